The topological polar surface area (TPSA) is 119 Å². The van der Waals surface area contributed by atoms with E-state index in [1.165, 1.54) is 167 Å². The molecule has 0 saturated carbocycles. The van der Waals surface area contributed by atoms with Gasteiger partial charge in [-0.1, -0.05) is 379 Å². The van der Waals surface area contributed by atoms with Crippen molar-refractivity contribution >= 4 is 27.9 Å². The fraction of sp³-hybridized carbons (Fsp3) is 0.578. The van der Waals surface area contributed by atoms with Crippen LogP contribution in [0.1, 0.15) is 279 Å². The molecule has 6 aromatic rings. The van der Waals surface area contributed by atoms with E-state index in [0.29, 0.717) is 52.5 Å². The van der Waals surface area contributed by atoms with Crippen LogP contribution in [0.5, 0.6) is 0 Å². The fourth-order valence-corrected chi connectivity index (χ4v) is 13.2. The van der Waals surface area contributed by atoms with Gasteiger partial charge in [-0.05, 0) is 85.8 Å². The lowest BCUT2D eigenvalue weighted by Gasteiger charge is -2.37. The van der Waals surface area contributed by atoms with Crippen molar-refractivity contribution in [1.29, 1.82) is 0 Å². The lowest BCUT2D eigenvalue weighted by Crippen LogP contribution is -2.37. The van der Waals surface area contributed by atoms with Crippen LogP contribution in [0, 0.1) is 0 Å². The predicted octanol–water partition coefficient (Wildman–Crippen LogP) is 23.6. The van der Waals surface area contributed by atoms with Gasteiger partial charge in [-0.2, -0.15) is 0 Å². The van der Waals surface area contributed by atoms with Crippen LogP contribution in [-0.2, 0) is 53.9 Å². The molecule has 0 amide bonds. The Bertz CT molecular complexity index is 2620. The number of aliphatic hydroxyl groups excluding tert-OH is 1. The molecule has 6 rings (SSSR count). The molecule has 0 fully saturated rings. The quantitative estimate of drug-likeness (QED) is 0.0171. The molecule has 0 aromatic heterocycles. The van der Waals surface area contributed by atoms with E-state index in [2.05, 4.69) is 139 Å². The minimum atomic E-state index is -0.820. The molecule has 1 N–H and O–H groups in total. The highest BCUT2D eigenvalue weighted by Gasteiger charge is 2.39. The summed E-state index contributed by atoms with van der Waals surface area (Å²) in [7, 11) is 0. The van der Waals surface area contributed by atoms with Crippen molar-refractivity contribution in [1.82, 2.24) is 0 Å². The second-order valence-corrected chi connectivity index (χ2v) is 27.7. The van der Waals surface area contributed by atoms with Crippen LogP contribution in [0.4, 0.5) is 0 Å². The first-order chi connectivity index (χ1) is 49.8. The van der Waals surface area contributed by atoms with Crippen LogP contribution in [0.2, 0.25) is 0 Å². The number of carbonyl (C=O) groups is 2. The Balaban J connectivity index is 0.000000382. The number of hydrogen-bond donors (Lipinski definition) is 1. The molecule has 101 heavy (non-hydrogen) atoms. The van der Waals surface area contributed by atoms with Gasteiger partial charge in [0.15, 0.2) is 0 Å². The molecule has 0 saturated heterocycles. The van der Waals surface area contributed by atoms with E-state index in [-0.39, 0.29) is 31.3 Å². The van der Waals surface area contributed by atoms with Crippen molar-refractivity contribution in [2.24, 2.45) is 0 Å². The first-order valence-electron chi connectivity index (χ1n) is 39.7. The first kappa shape index (κ1) is 87.9. The average Bonchev–Trinajstić information content (AvgIpc) is 0.768. The van der Waals surface area contributed by atoms with Gasteiger partial charge in [0, 0.05) is 38.0 Å². The standard InChI is InChI=1S/C45H66O5.C38H54O3.C7H13BrO2/c1-3-5-6-7-8-9-10-11-12-13-14-15-16-27-36-47-38-43(49-37-28-26-35-44(46)48-4-2)39-50-45(40-29-20-17-21-30-40,41-31-22-18-23-32-41)42-33-24-19-25-34-42;1-2-3-4-5-6-7-8-9-10-11-12-13-14-24-31-40-32-37(39)33-41-38(34-25-18-15-19-26-34,35-27-20-16-21-28-35)36-29-22-17-23-30-36;1-2-10-7(9)5-3-4-6-8/h17-25,29-34,43H,3-16,26-28,35-39H2,1-2H3;15-23,25-30,37,39H,2-14,24,31-33H2,1H3;2-6H2,1H3. The average molecular weight is 1450 g/mol. The number of alkyl halides is 1. The molecule has 6 aromatic carbocycles. The Hall–Kier alpha value is -5.50. The summed E-state index contributed by atoms with van der Waals surface area (Å²) >= 11 is 3.29. The minimum Gasteiger partial charge on any atom is -0.466 e. The van der Waals surface area contributed by atoms with E-state index >= 15 is 0 Å². The van der Waals surface area contributed by atoms with E-state index in [1.807, 2.05) is 86.6 Å². The zero-order valence-electron chi connectivity index (χ0n) is 63.1. The van der Waals surface area contributed by atoms with Crippen molar-refractivity contribution < 1.29 is 47.9 Å². The summed E-state index contributed by atoms with van der Waals surface area (Å²) in [6.07, 6.45) is 41.1. The number of benzene rings is 6. The van der Waals surface area contributed by atoms with E-state index < -0.39 is 17.3 Å². The third-order valence-electron chi connectivity index (χ3n) is 18.5. The minimum absolute atomic E-state index is 0.0801. The van der Waals surface area contributed by atoms with E-state index in [4.69, 9.17) is 33.2 Å². The Morgan fingerprint density at radius 3 is 0.891 bits per heavy atom. The third-order valence-corrected chi connectivity index (χ3v) is 19.0. The Kier molecular flexibility index (Phi) is 52.1. The third kappa shape index (κ3) is 38.2. The number of carbonyl (C=O) groups excluding carboxylic acids is 2. The Morgan fingerprint density at radius 1 is 0.327 bits per heavy atom. The van der Waals surface area contributed by atoms with Gasteiger partial charge in [0.05, 0.1) is 39.6 Å². The number of halogens is 1. The van der Waals surface area contributed by atoms with Crippen LogP contribution in [0.3, 0.4) is 0 Å². The lowest BCUT2D eigenvalue weighted by molar-refractivity contribution is -0.144. The van der Waals surface area contributed by atoms with E-state index in [0.717, 1.165) is 83.8 Å². The number of rotatable bonds is 58. The van der Waals surface area contributed by atoms with Crippen LogP contribution >= 0.6 is 15.9 Å². The number of hydrogen-bond acceptors (Lipinski definition) is 10. The lowest BCUT2D eigenvalue weighted by atomic mass is 9.80. The SMILES string of the molecule is CCCCCCCCCCCCCCCCOCC(COC(c1ccccc1)(c1ccccc1)c1ccccc1)OCCCCC(=O)OCC.CCCCCCCCCCCCCCCCOCC(O)COC(c1ccccc1)(c1ccccc1)c1ccccc1.CCOC(=O)CCCCBr. The maximum atomic E-state index is 11.8. The van der Waals surface area contributed by atoms with Crippen LogP contribution in [-0.4, -0.2) is 94.0 Å². The number of aliphatic hydroxyl groups is 1. The maximum absolute atomic E-state index is 11.8. The molecule has 10 nitrogen and oxygen atoms in total. The molecule has 0 aliphatic rings. The van der Waals surface area contributed by atoms with Crippen LogP contribution in [0.15, 0.2) is 182 Å². The largest absolute Gasteiger partial charge is 0.466 e. The molecule has 0 bridgehead atoms. The van der Waals surface area contributed by atoms with Crippen molar-refractivity contribution in [2.75, 3.05) is 64.8 Å². The van der Waals surface area contributed by atoms with Crippen molar-refractivity contribution in [3.63, 3.8) is 0 Å². The predicted molar refractivity (Wildman–Crippen MR) is 423 cm³/mol. The maximum Gasteiger partial charge on any atom is 0.305 e. The molecule has 0 aliphatic carbocycles. The first-order valence-corrected chi connectivity index (χ1v) is 40.8. The number of ether oxygens (including phenoxy) is 7. The highest BCUT2D eigenvalue weighted by molar-refractivity contribution is 9.09. The molecule has 2 unspecified atom stereocenters. The smallest absolute Gasteiger partial charge is 0.305 e. The van der Waals surface area contributed by atoms with Gasteiger partial charge in [-0.25, -0.2) is 0 Å². The molecular weight excluding hydrogens is 1320 g/mol. The Morgan fingerprint density at radius 2 is 0.594 bits per heavy atom. The molecular formula is C90H133BrO10. The number of esters is 2. The molecule has 0 heterocycles. The number of unbranched alkanes of at least 4 members (excludes halogenated alkanes) is 28. The summed E-state index contributed by atoms with van der Waals surface area (Å²) < 4.78 is 42.1. The molecule has 560 valence electrons. The summed E-state index contributed by atoms with van der Waals surface area (Å²) in [6, 6.07) is 62.2. The second-order valence-electron chi connectivity index (χ2n) is 26.9. The van der Waals surface area contributed by atoms with Gasteiger partial charge in [-0.15, -0.1) is 0 Å². The van der Waals surface area contributed by atoms with Gasteiger partial charge in [-0.3, -0.25) is 9.59 Å². The Labute approximate surface area is 621 Å². The molecule has 11 heteroatoms. The normalized spacial score (nSPS) is 12.0. The fourth-order valence-electron chi connectivity index (χ4n) is 12.9. The molecule has 2 atom stereocenters. The van der Waals surface area contributed by atoms with Crippen LogP contribution in [0.25, 0.3) is 0 Å². The van der Waals surface area contributed by atoms with Gasteiger partial charge < -0.3 is 38.3 Å². The monoisotopic (exact) mass is 1450 g/mol. The van der Waals surface area contributed by atoms with E-state index in [1.54, 1.807) is 0 Å². The zero-order chi connectivity index (χ0) is 72.0. The summed E-state index contributed by atoms with van der Waals surface area (Å²) in [5, 5.41) is 11.8. The molecule has 0 aliphatic heterocycles. The summed E-state index contributed by atoms with van der Waals surface area (Å²) in [6.45, 7) is 12.4. The molecule has 0 spiro atoms. The van der Waals surface area contributed by atoms with E-state index in [9.17, 15) is 14.7 Å². The van der Waals surface area contributed by atoms with Crippen molar-refractivity contribution in [3.8, 4) is 0 Å². The zero-order valence-corrected chi connectivity index (χ0v) is 64.7. The second kappa shape index (κ2) is 59.8. The molecule has 0 radical (unpaired) electrons. The van der Waals surface area contributed by atoms with Crippen molar-refractivity contribution in [2.45, 2.75) is 269 Å². The highest BCUT2D eigenvalue weighted by atomic mass is 79.9. The van der Waals surface area contributed by atoms with Gasteiger partial charge in [0.2, 0.25) is 0 Å². The highest BCUT2D eigenvalue weighted by Crippen LogP contribution is 2.42. The van der Waals surface area contributed by atoms with Gasteiger partial charge in [0.25, 0.3) is 0 Å². The van der Waals surface area contributed by atoms with Gasteiger partial charge >= 0.3 is 11.9 Å². The van der Waals surface area contributed by atoms with Gasteiger partial charge in [0.1, 0.15) is 23.4 Å². The summed E-state index contributed by atoms with van der Waals surface area (Å²) in [5.74, 6) is -0.231. The summed E-state index contributed by atoms with van der Waals surface area (Å²) in [5.41, 5.74) is 4.66. The van der Waals surface area contributed by atoms with Crippen molar-refractivity contribution in [3.05, 3.63) is 215 Å². The summed E-state index contributed by atoms with van der Waals surface area (Å²) in [4.78, 5) is 22.5. The van der Waals surface area contributed by atoms with Crippen LogP contribution < -0.4 is 0 Å².